The van der Waals surface area contributed by atoms with Gasteiger partial charge >= 0.3 is 0 Å². The van der Waals surface area contributed by atoms with Gasteiger partial charge in [0.25, 0.3) is 6.43 Å². The van der Waals surface area contributed by atoms with Crippen LogP contribution >= 0.6 is 0 Å². The maximum atomic E-state index is 14.7. The van der Waals surface area contributed by atoms with Gasteiger partial charge in [-0.1, -0.05) is 18.2 Å². The van der Waals surface area contributed by atoms with Crippen molar-refractivity contribution in [3.63, 3.8) is 0 Å². The molecule has 11 heteroatoms. The molecule has 1 saturated carbocycles. The highest BCUT2D eigenvalue weighted by Crippen LogP contribution is 2.55. The van der Waals surface area contributed by atoms with Crippen LogP contribution in [-0.4, -0.2) is 40.7 Å². The van der Waals surface area contributed by atoms with Crippen molar-refractivity contribution < 1.29 is 31.4 Å². The van der Waals surface area contributed by atoms with E-state index in [0.717, 1.165) is 6.07 Å². The minimum absolute atomic E-state index is 0.0246. The van der Waals surface area contributed by atoms with Crippen molar-refractivity contribution >= 4 is 16.9 Å². The average molecular weight is 494 g/mol. The molecule has 186 valence electrons. The minimum atomic E-state index is -2.96. The van der Waals surface area contributed by atoms with Crippen LogP contribution in [0, 0.1) is 12.7 Å². The number of rotatable bonds is 8. The van der Waals surface area contributed by atoms with E-state index in [2.05, 4.69) is 20.3 Å². The van der Waals surface area contributed by atoms with E-state index in [1.807, 2.05) is 0 Å². The third-order valence-corrected chi connectivity index (χ3v) is 6.51. The maximum Gasteiger partial charge on any atom is 0.266 e. The van der Waals surface area contributed by atoms with Crippen LogP contribution in [0.3, 0.4) is 0 Å². The van der Waals surface area contributed by atoms with Gasteiger partial charge in [0.05, 0.1) is 35.6 Å². The Balaban J connectivity index is 1.58. The summed E-state index contributed by atoms with van der Waals surface area (Å²) in [6.45, 7) is 3.92. The Morgan fingerprint density at radius 3 is 2.40 bits per heavy atom. The van der Waals surface area contributed by atoms with Gasteiger partial charge < -0.3 is 14.8 Å². The molecule has 5 rings (SSSR count). The first-order valence-corrected chi connectivity index (χ1v) is 11.2. The van der Waals surface area contributed by atoms with E-state index >= 15 is 0 Å². The summed E-state index contributed by atoms with van der Waals surface area (Å²) in [5.74, 6) is -0.345. The van der Waals surface area contributed by atoms with Crippen molar-refractivity contribution in [2.45, 2.75) is 57.1 Å². The summed E-state index contributed by atoms with van der Waals surface area (Å²) >= 11 is 0. The quantitative estimate of drug-likeness (QED) is 0.408. The van der Waals surface area contributed by atoms with Crippen molar-refractivity contribution in [2.24, 2.45) is 0 Å². The standard InChI is InChI=1S/C24H23F5N4O2/c1-11(14-4-3-5-15(18(14)25)19(26)27)30-20-16-8-17(24(6-7-24)23(28)29)22(35-13-9-34-10-13)33-21(16)32-12(2)31-20/h3-5,8,11,13,19,23H,6-7,9-10H2,1-2H3,(H,30,31,32,33)/t11-/m1/s1. The summed E-state index contributed by atoms with van der Waals surface area (Å²) in [7, 11) is 0. The molecule has 0 spiro atoms. The van der Waals surface area contributed by atoms with E-state index in [-0.39, 0.29) is 47.4 Å². The topological polar surface area (TPSA) is 69.2 Å². The van der Waals surface area contributed by atoms with Gasteiger partial charge in [0.2, 0.25) is 12.3 Å². The van der Waals surface area contributed by atoms with Crippen LogP contribution in [0.4, 0.5) is 27.8 Å². The summed E-state index contributed by atoms with van der Waals surface area (Å²) in [6, 6.07) is 4.58. The number of nitrogens with one attached hydrogen (secondary N) is 1. The number of pyridine rings is 1. The minimum Gasteiger partial charge on any atom is -0.469 e. The SMILES string of the molecule is Cc1nc(N[C@H](C)c2cccc(C(F)F)c2F)c2cc(C3(C(F)F)CC3)c(OC3COC3)nc2n1. The van der Waals surface area contributed by atoms with E-state index in [0.29, 0.717) is 24.4 Å². The lowest BCUT2D eigenvalue weighted by Gasteiger charge is -2.28. The number of hydrogen-bond acceptors (Lipinski definition) is 6. The van der Waals surface area contributed by atoms with Gasteiger partial charge in [0, 0.05) is 11.1 Å². The number of fused-ring (bicyclic) bond motifs is 1. The first-order valence-electron chi connectivity index (χ1n) is 11.2. The second-order valence-electron chi connectivity index (χ2n) is 8.98. The number of benzene rings is 1. The molecule has 1 aromatic carbocycles. The van der Waals surface area contributed by atoms with Crippen LogP contribution in [0.15, 0.2) is 24.3 Å². The molecule has 3 heterocycles. The molecule has 1 aliphatic heterocycles. The van der Waals surface area contributed by atoms with Gasteiger partial charge in [-0.15, -0.1) is 0 Å². The van der Waals surface area contributed by atoms with Crippen LogP contribution in [0.5, 0.6) is 5.88 Å². The smallest absolute Gasteiger partial charge is 0.266 e. The summed E-state index contributed by atoms with van der Waals surface area (Å²) in [6.07, 6.45) is -5.29. The molecule has 2 aliphatic rings. The van der Waals surface area contributed by atoms with Gasteiger partial charge in [-0.25, -0.2) is 31.9 Å². The van der Waals surface area contributed by atoms with Gasteiger partial charge in [-0.3, -0.25) is 0 Å². The molecule has 0 unspecified atom stereocenters. The van der Waals surface area contributed by atoms with E-state index in [9.17, 15) is 22.0 Å². The second kappa shape index (κ2) is 8.85. The highest BCUT2D eigenvalue weighted by atomic mass is 19.3. The monoisotopic (exact) mass is 494 g/mol. The Hall–Kier alpha value is -3.08. The second-order valence-corrected chi connectivity index (χ2v) is 8.98. The van der Waals surface area contributed by atoms with E-state index < -0.39 is 35.7 Å². The molecule has 35 heavy (non-hydrogen) atoms. The number of ether oxygens (including phenoxy) is 2. The zero-order valence-corrected chi connectivity index (χ0v) is 19.0. The van der Waals surface area contributed by atoms with Gasteiger partial charge in [-0.05, 0) is 32.8 Å². The van der Waals surface area contributed by atoms with Gasteiger partial charge in [0.1, 0.15) is 23.6 Å². The molecule has 1 saturated heterocycles. The molecule has 2 aromatic heterocycles. The normalized spacial score (nSPS) is 18.1. The predicted molar refractivity (Wildman–Crippen MR) is 118 cm³/mol. The predicted octanol–water partition coefficient (Wildman–Crippen LogP) is 5.66. The molecular formula is C24H23F5N4O2. The van der Waals surface area contributed by atoms with Crippen LogP contribution in [0.25, 0.3) is 11.0 Å². The van der Waals surface area contributed by atoms with Crippen molar-refractivity contribution in [1.29, 1.82) is 0 Å². The fourth-order valence-corrected chi connectivity index (χ4v) is 4.24. The lowest BCUT2D eigenvalue weighted by Crippen LogP contribution is -2.39. The molecule has 1 aliphatic carbocycles. The fraction of sp³-hybridized carbons (Fsp3) is 0.458. The van der Waals surface area contributed by atoms with Crippen LogP contribution in [-0.2, 0) is 10.2 Å². The Morgan fingerprint density at radius 2 is 1.80 bits per heavy atom. The lowest BCUT2D eigenvalue weighted by molar-refractivity contribution is -0.0820. The summed E-state index contributed by atoms with van der Waals surface area (Å²) in [4.78, 5) is 13.2. The van der Waals surface area contributed by atoms with Crippen LogP contribution < -0.4 is 10.1 Å². The number of alkyl halides is 4. The van der Waals surface area contributed by atoms with Crippen LogP contribution in [0.1, 0.15) is 54.7 Å². The molecule has 0 amide bonds. The summed E-state index contributed by atoms with van der Waals surface area (Å²) < 4.78 is 80.2. The molecular weight excluding hydrogens is 471 g/mol. The highest BCUT2D eigenvalue weighted by Gasteiger charge is 2.55. The van der Waals surface area contributed by atoms with E-state index in [4.69, 9.17) is 9.47 Å². The fourth-order valence-electron chi connectivity index (χ4n) is 4.24. The maximum absolute atomic E-state index is 14.7. The Labute approximate surface area is 197 Å². The number of aryl methyl sites for hydroxylation is 1. The number of aromatic nitrogens is 3. The Bertz CT molecular complexity index is 1260. The van der Waals surface area contributed by atoms with Gasteiger partial charge in [-0.2, -0.15) is 4.98 Å². The largest absolute Gasteiger partial charge is 0.469 e. The first-order chi connectivity index (χ1) is 16.7. The third kappa shape index (κ3) is 4.26. The number of halogens is 5. The Morgan fingerprint density at radius 1 is 1.09 bits per heavy atom. The molecule has 1 atom stereocenters. The molecule has 1 N–H and O–H groups in total. The molecule has 2 fully saturated rings. The first kappa shape index (κ1) is 23.7. The zero-order chi connectivity index (χ0) is 24.9. The molecule has 0 bridgehead atoms. The molecule has 6 nitrogen and oxygen atoms in total. The molecule has 3 aromatic rings. The van der Waals surface area contributed by atoms with Crippen molar-refractivity contribution in [2.75, 3.05) is 18.5 Å². The summed E-state index contributed by atoms with van der Waals surface area (Å²) in [5, 5.41) is 3.39. The molecule has 0 radical (unpaired) electrons. The number of hydrogen-bond donors (Lipinski definition) is 1. The number of anilines is 1. The van der Waals surface area contributed by atoms with Crippen molar-refractivity contribution in [3.05, 3.63) is 52.6 Å². The number of nitrogens with zero attached hydrogens (tertiary/aromatic N) is 3. The van der Waals surface area contributed by atoms with E-state index in [1.54, 1.807) is 19.9 Å². The van der Waals surface area contributed by atoms with E-state index in [1.165, 1.54) is 12.1 Å². The van der Waals surface area contributed by atoms with Gasteiger partial charge in [0.15, 0.2) is 5.65 Å². The highest BCUT2D eigenvalue weighted by molar-refractivity contribution is 5.88. The third-order valence-electron chi connectivity index (χ3n) is 6.51. The lowest BCUT2D eigenvalue weighted by atomic mass is 9.96. The van der Waals surface area contributed by atoms with Crippen LogP contribution in [0.2, 0.25) is 0 Å². The van der Waals surface area contributed by atoms with Crippen molar-refractivity contribution in [3.8, 4) is 5.88 Å². The average Bonchev–Trinajstić information content (AvgIpc) is 3.57. The Kier molecular flexibility index (Phi) is 5.98. The van der Waals surface area contributed by atoms with Crippen molar-refractivity contribution in [1.82, 2.24) is 15.0 Å². The zero-order valence-electron chi connectivity index (χ0n) is 19.0. The summed E-state index contributed by atoms with van der Waals surface area (Å²) in [5.41, 5.74) is -1.55.